The number of piperazine rings is 1. The lowest BCUT2D eigenvalue weighted by Gasteiger charge is -2.34. The van der Waals surface area contributed by atoms with Crippen LogP contribution < -0.4 is 10.1 Å². The van der Waals surface area contributed by atoms with E-state index in [1.54, 1.807) is 18.2 Å². The summed E-state index contributed by atoms with van der Waals surface area (Å²) in [6, 6.07) is 15.6. The van der Waals surface area contributed by atoms with Gasteiger partial charge in [-0.2, -0.15) is 0 Å². The highest BCUT2D eigenvalue weighted by atomic mass is 16.5. The molecule has 1 fully saturated rings. The maximum absolute atomic E-state index is 12.5. The van der Waals surface area contributed by atoms with Gasteiger partial charge in [-0.1, -0.05) is 43.8 Å². The predicted octanol–water partition coefficient (Wildman–Crippen LogP) is 3.32. The molecule has 0 aliphatic carbocycles. The number of nitrogens with zero attached hydrogens (tertiary/aromatic N) is 2. The minimum absolute atomic E-state index is 0.0772. The molecule has 2 aromatic rings. The Balaban J connectivity index is 1.55. The third-order valence-electron chi connectivity index (χ3n) is 5.35. The molecule has 0 atom stereocenters. The SMILES string of the molecule is C=CCOc1ccc(C(=O)NCc2ccccc2CN2CCN(CC)CC2)cc1. The molecule has 3 rings (SSSR count). The summed E-state index contributed by atoms with van der Waals surface area (Å²) in [5.41, 5.74) is 3.08. The van der Waals surface area contributed by atoms with Crippen LogP contribution in [0.3, 0.4) is 0 Å². The zero-order valence-corrected chi connectivity index (χ0v) is 17.3. The number of carbonyl (C=O) groups excluding carboxylic acids is 1. The van der Waals surface area contributed by atoms with Gasteiger partial charge in [0.15, 0.2) is 0 Å². The molecule has 0 radical (unpaired) electrons. The average molecular weight is 394 g/mol. The Morgan fingerprint density at radius 1 is 1.03 bits per heavy atom. The van der Waals surface area contributed by atoms with Crippen molar-refractivity contribution in [3.8, 4) is 5.75 Å². The van der Waals surface area contributed by atoms with E-state index in [0.717, 1.165) is 45.0 Å². The number of benzene rings is 2. The quantitative estimate of drug-likeness (QED) is 0.664. The van der Waals surface area contributed by atoms with E-state index < -0.39 is 0 Å². The molecule has 0 bridgehead atoms. The van der Waals surface area contributed by atoms with E-state index in [1.165, 1.54) is 11.1 Å². The minimum atomic E-state index is -0.0772. The maximum atomic E-state index is 12.5. The smallest absolute Gasteiger partial charge is 0.251 e. The highest BCUT2D eigenvalue weighted by Crippen LogP contribution is 2.15. The molecule has 0 aromatic heterocycles. The maximum Gasteiger partial charge on any atom is 0.251 e. The Bertz CT molecular complexity index is 796. The average Bonchev–Trinajstić information content (AvgIpc) is 2.77. The fourth-order valence-corrected chi connectivity index (χ4v) is 3.52. The number of rotatable bonds is 9. The first-order valence-corrected chi connectivity index (χ1v) is 10.3. The Hall–Kier alpha value is -2.63. The molecular weight excluding hydrogens is 362 g/mol. The lowest BCUT2D eigenvalue weighted by Crippen LogP contribution is -2.45. The number of carbonyl (C=O) groups is 1. The second kappa shape index (κ2) is 10.8. The molecule has 5 nitrogen and oxygen atoms in total. The van der Waals surface area contributed by atoms with Crippen molar-refractivity contribution < 1.29 is 9.53 Å². The molecule has 1 N–H and O–H groups in total. The Labute approximate surface area is 174 Å². The zero-order chi connectivity index (χ0) is 20.5. The van der Waals surface area contributed by atoms with Gasteiger partial charge >= 0.3 is 0 Å². The highest BCUT2D eigenvalue weighted by molar-refractivity contribution is 5.94. The summed E-state index contributed by atoms with van der Waals surface area (Å²) in [5, 5.41) is 3.05. The summed E-state index contributed by atoms with van der Waals surface area (Å²) in [6.07, 6.45) is 1.70. The van der Waals surface area contributed by atoms with Crippen LogP contribution in [0.2, 0.25) is 0 Å². The summed E-state index contributed by atoms with van der Waals surface area (Å²) >= 11 is 0. The van der Waals surface area contributed by atoms with Gasteiger partial charge in [-0.15, -0.1) is 0 Å². The van der Waals surface area contributed by atoms with Gasteiger partial charge in [0.1, 0.15) is 12.4 Å². The number of amides is 1. The monoisotopic (exact) mass is 393 g/mol. The van der Waals surface area contributed by atoms with Crippen molar-refractivity contribution in [2.24, 2.45) is 0 Å². The standard InChI is InChI=1S/C24H31N3O2/c1-3-17-29-23-11-9-20(10-12-23)24(28)25-18-21-7-5-6-8-22(21)19-27-15-13-26(4-2)14-16-27/h3,5-12H,1,4,13-19H2,2H3,(H,25,28). The molecule has 0 saturated carbocycles. The topological polar surface area (TPSA) is 44.8 Å². The number of hydrogen-bond donors (Lipinski definition) is 1. The van der Waals surface area contributed by atoms with Gasteiger partial charge in [0.25, 0.3) is 5.91 Å². The van der Waals surface area contributed by atoms with Gasteiger partial charge in [-0.25, -0.2) is 0 Å². The van der Waals surface area contributed by atoms with Gasteiger partial charge in [-0.3, -0.25) is 9.69 Å². The van der Waals surface area contributed by atoms with E-state index in [0.29, 0.717) is 18.7 Å². The molecule has 2 aromatic carbocycles. The Kier molecular flexibility index (Phi) is 7.85. The summed E-state index contributed by atoms with van der Waals surface area (Å²) < 4.78 is 5.46. The van der Waals surface area contributed by atoms with E-state index in [2.05, 4.69) is 46.8 Å². The summed E-state index contributed by atoms with van der Waals surface area (Å²) in [6.45, 7) is 13.3. The van der Waals surface area contributed by atoms with Crippen molar-refractivity contribution in [2.75, 3.05) is 39.3 Å². The van der Waals surface area contributed by atoms with Crippen LogP contribution in [-0.2, 0) is 13.1 Å². The summed E-state index contributed by atoms with van der Waals surface area (Å²) in [5.74, 6) is 0.654. The molecule has 1 aliphatic rings. The van der Waals surface area contributed by atoms with Crippen molar-refractivity contribution in [1.82, 2.24) is 15.1 Å². The number of ether oxygens (including phenoxy) is 1. The molecule has 0 spiro atoms. The van der Waals surface area contributed by atoms with Crippen LogP contribution in [0.15, 0.2) is 61.2 Å². The number of nitrogens with one attached hydrogen (secondary N) is 1. The minimum Gasteiger partial charge on any atom is -0.490 e. The van der Waals surface area contributed by atoms with Gasteiger partial charge in [0, 0.05) is 44.8 Å². The Morgan fingerprint density at radius 2 is 1.69 bits per heavy atom. The first-order valence-electron chi connectivity index (χ1n) is 10.3. The van der Waals surface area contributed by atoms with E-state index in [-0.39, 0.29) is 5.91 Å². The van der Waals surface area contributed by atoms with Crippen molar-refractivity contribution in [2.45, 2.75) is 20.0 Å². The summed E-state index contributed by atoms with van der Waals surface area (Å²) in [4.78, 5) is 17.5. The normalized spacial score (nSPS) is 15.1. The lowest BCUT2D eigenvalue weighted by molar-refractivity contribution is 0.0950. The zero-order valence-electron chi connectivity index (χ0n) is 17.3. The third kappa shape index (κ3) is 6.17. The van der Waals surface area contributed by atoms with E-state index in [4.69, 9.17) is 4.74 Å². The first kappa shape index (κ1) is 21.1. The van der Waals surface area contributed by atoms with Crippen LogP contribution >= 0.6 is 0 Å². The van der Waals surface area contributed by atoms with Gasteiger partial charge in [0.05, 0.1) is 0 Å². The second-order valence-corrected chi connectivity index (χ2v) is 7.29. The molecule has 1 heterocycles. The molecule has 1 aliphatic heterocycles. The van der Waals surface area contributed by atoms with E-state index in [1.807, 2.05) is 18.2 Å². The largest absolute Gasteiger partial charge is 0.490 e. The van der Waals surface area contributed by atoms with Crippen molar-refractivity contribution >= 4 is 5.91 Å². The molecule has 1 saturated heterocycles. The third-order valence-corrected chi connectivity index (χ3v) is 5.35. The lowest BCUT2D eigenvalue weighted by atomic mass is 10.1. The van der Waals surface area contributed by atoms with Crippen LogP contribution in [-0.4, -0.2) is 55.0 Å². The van der Waals surface area contributed by atoms with E-state index >= 15 is 0 Å². The van der Waals surface area contributed by atoms with Gasteiger partial charge in [-0.05, 0) is 41.9 Å². The number of likely N-dealkylation sites (N-methyl/N-ethyl adjacent to an activating group) is 1. The van der Waals surface area contributed by atoms with Crippen LogP contribution in [0.1, 0.15) is 28.4 Å². The van der Waals surface area contributed by atoms with Crippen LogP contribution in [0.25, 0.3) is 0 Å². The molecule has 0 unspecified atom stereocenters. The fraction of sp³-hybridized carbons (Fsp3) is 0.375. The van der Waals surface area contributed by atoms with Gasteiger partial charge < -0.3 is 15.0 Å². The van der Waals surface area contributed by atoms with Crippen molar-refractivity contribution in [1.29, 1.82) is 0 Å². The van der Waals surface area contributed by atoms with E-state index in [9.17, 15) is 4.79 Å². The molecule has 1 amide bonds. The van der Waals surface area contributed by atoms with Crippen molar-refractivity contribution in [3.63, 3.8) is 0 Å². The second-order valence-electron chi connectivity index (χ2n) is 7.29. The Morgan fingerprint density at radius 3 is 2.34 bits per heavy atom. The van der Waals surface area contributed by atoms with Gasteiger partial charge in [0.2, 0.25) is 0 Å². The summed E-state index contributed by atoms with van der Waals surface area (Å²) in [7, 11) is 0. The van der Waals surface area contributed by atoms with Crippen LogP contribution in [0, 0.1) is 0 Å². The first-order chi connectivity index (χ1) is 14.2. The highest BCUT2D eigenvalue weighted by Gasteiger charge is 2.16. The fourth-order valence-electron chi connectivity index (χ4n) is 3.52. The predicted molar refractivity (Wildman–Crippen MR) is 117 cm³/mol. The van der Waals surface area contributed by atoms with Crippen LogP contribution in [0.5, 0.6) is 5.75 Å². The van der Waals surface area contributed by atoms with Crippen molar-refractivity contribution in [3.05, 3.63) is 77.9 Å². The molecular formula is C24H31N3O2. The molecule has 29 heavy (non-hydrogen) atoms. The number of hydrogen-bond acceptors (Lipinski definition) is 4. The van der Waals surface area contributed by atoms with Crippen LogP contribution in [0.4, 0.5) is 0 Å². The molecule has 154 valence electrons. The molecule has 5 heteroatoms.